The number of rotatable bonds is 11. The highest BCUT2D eigenvalue weighted by molar-refractivity contribution is 6.33. The van der Waals surface area contributed by atoms with E-state index in [2.05, 4.69) is 47.4 Å². The average Bonchev–Trinajstić information content (AvgIpc) is 3.08. The largest absolute Gasteiger partial charge is 0.398 e. The second-order valence-electron chi connectivity index (χ2n) is 11.1. The minimum Gasteiger partial charge on any atom is -0.398 e. The summed E-state index contributed by atoms with van der Waals surface area (Å²) in [6, 6.07) is 33.0. The Morgan fingerprint density at radius 3 is 2.20 bits per heavy atom. The molecule has 2 N–H and O–H groups in total. The third kappa shape index (κ3) is 11.3. The molecule has 238 valence electrons. The Hall–Kier alpha value is -3.59. The molecule has 2 atom stereocenters. The Morgan fingerprint density at radius 1 is 0.870 bits per heavy atom. The van der Waals surface area contributed by atoms with Gasteiger partial charge in [-0.15, -0.1) is 0 Å². The van der Waals surface area contributed by atoms with Crippen molar-refractivity contribution >= 4 is 40.5 Å². The second kappa shape index (κ2) is 18.5. The predicted octanol–water partition coefficient (Wildman–Crippen LogP) is 9.03. The zero-order valence-corrected chi connectivity index (χ0v) is 27.8. The van der Waals surface area contributed by atoms with E-state index in [4.69, 9.17) is 55.3 Å². The number of nitrogens with two attached hydrogens (primary N) is 1. The van der Waals surface area contributed by atoms with Crippen molar-refractivity contribution in [3.8, 4) is 12.1 Å². The lowest BCUT2D eigenvalue weighted by Crippen LogP contribution is -2.34. The van der Waals surface area contributed by atoms with Crippen LogP contribution in [0.2, 0.25) is 15.1 Å². The molecule has 1 saturated heterocycles. The molecule has 9 heteroatoms. The van der Waals surface area contributed by atoms with Crippen LogP contribution in [-0.4, -0.2) is 37.5 Å². The van der Waals surface area contributed by atoms with Crippen LogP contribution in [0.5, 0.6) is 0 Å². The fraction of sp³-hybridized carbons (Fsp3) is 0.297. The second-order valence-corrected chi connectivity index (χ2v) is 12.4. The third-order valence-corrected chi connectivity index (χ3v) is 8.63. The van der Waals surface area contributed by atoms with Gasteiger partial charge in [-0.05, 0) is 84.8 Å². The lowest BCUT2D eigenvalue weighted by molar-refractivity contribution is -0.164. The Labute approximate surface area is 286 Å². The molecule has 5 rings (SSSR count). The molecule has 4 aromatic carbocycles. The fourth-order valence-corrected chi connectivity index (χ4v) is 5.78. The van der Waals surface area contributed by atoms with Crippen LogP contribution in [0, 0.1) is 22.7 Å². The molecular weight excluding hydrogens is 639 g/mol. The number of nitrogen functional groups attached to an aromatic ring is 1. The topological polar surface area (TPSA) is 95.3 Å². The van der Waals surface area contributed by atoms with Gasteiger partial charge >= 0.3 is 0 Å². The van der Waals surface area contributed by atoms with Gasteiger partial charge in [-0.2, -0.15) is 10.5 Å². The molecule has 0 aliphatic carbocycles. The lowest BCUT2D eigenvalue weighted by Gasteiger charge is -2.30. The molecule has 0 spiro atoms. The molecule has 0 radical (unpaired) electrons. The van der Waals surface area contributed by atoms with Gasteiger partial charge in [0.05, 0.1) is 40.6 Å². The van der Waals surface area contributed by atoms with E-state index in [-0.39, 0.29) is 12.2 Å². The van der Waals surface area contributed by atoms with E-state index < -0.39 is 0 Å². The molecule has 6 nitrogen and oxygen atoms in total. The maximum Gasteiger partial charge on any atom is 0.157 e. The molecule has 0 aromatic heterocycles. The van der Waals surface area contributed by atoms with Crippen LogP contribution in [0.3, 0.4) is 0 Å². The Balaban J connectivity index is 0.000000409. The maximum atomic E-state index is 9.23. The summed E-state index contributed by atoms with van der Waals surface area (Å²) in [4.78, 5) is 2.44. The molecular formula is C37H37Cl3N4O2. The van der Waals surface area contributed by atoms with Gasteiger partial charge in [-0.3, -0.25) is 4.90 Å². The molecule has 46 heavy (non-hydrogen) atoms. The summed E-state index contributed by atoms with van der Waals surface area (Å²) in [5, 5.41) is 19.4. The van der Waals surface area contributed by atoms with Crippen LogP contribution < -0.4 is 5.73 Å². The number of hydrogen-bond acceptors (Lipinski definition) is 6. The Morgan fingerprint density at radius 2 is 1.57 bits per heavy atom. The number of ether oxygens (including phenoxy) is 2. The van der Waals surface area contributed by atoms with Crippen molar-refractivity contribution in [3.05, 3.63) is 134 Å². The molecule has 1 fully saturated rings. The molecule has 4 aromatic rings. The monoisotopic (exact) mass is 674 g/mol. The Bertz CT molecular complexity index is 1610. The molecule has 2 unspecified atom stereocenters. The van der Waals surface area contributed by atoms with Crippen molar-refractivity contribution < 1.29 is 9.47 Å². The minimum atomic E-state index is -0.0955. The standard InChI is InChI=1S/C30H32Cl2N2O2.C7H5ClN2/c31-28-13-11-25(12-14-28)27(19-26-10-9-24(20-33)18-29(26)32)22-34(21-23-6-2-1-3-7-23)15-17-36-30-8-4-5-16-35-30;8-6-3-5(4-9)1-2-7(6)10/h1-3,6-7,9-14,18,27,30H,4-5,8,15-17,19,21-22H2;1-3H,10H2. The van der Waals surface area contributed by atoms with Crippen LogP contribution >= 0.6 is 34.8 Å². The first-order chi connectivity index (χ1) is 22.3. The number of benzene rings is 4. The van der Waals surface area contributed by atoms with E-state index in [0.717, 1.165) is 62.5 Å². The summed E-state index contributed by atoms with van der Waals surface area (Å²) >= 11 is 18.4. The van der Waals surface area contributed by atoms with Gasteiger partial charge in [0.25, 0.3) is 0 Å². The number of halogens is 3. The van der Waals surface area contributed by atoms with Crippen molar-refractivity contribution in [2.75, 3.05) is 32.0 Å². The number of nitrogens with zero attached hydrogens (tertiary/aromatic N) is 3. The van der Waals surface area contributed by atoms with Crippen LogP contribution in [-0.2, 0) is 22.4 Å². The summed E-state index contributed by atoms with van der Waals surface area (Å²) in [5.41, 5.74) is 10.5. The van der Waals surface area contributed by atoms with E-state index >= 15 is 0 Å². The van der Waals surface area contributed by atoms with Gasteiger partial charge in [-0.1, -0.05) is 83.3 Å². The summed E-state index contributed by atoms with van der Waals surface area (Å²) in [5.74, 6) is 0.183. The number of anilines is 1. The lowest BCUT2D eigenvalue weighted by atomic mass is 9.91. The highest BCUT2D eigenvalue weighted by Crippen LogP contribution is 2.29. The summed E-state index contributed by atoms with van der Waals surface area (Å²) in [7, 11) is 0. The normalized spacial score (nSPS) is 14.9. The van der Waals surface area contributed by atoms with Crippen molar-refractivity contribution in [1.82, 2.24) is 4.90 Å². The average molecular weight is 676 g/mol. The fourth-order valence-electron chi connectivity index (χ4n) is 5.21. The van der Waals surface area contributed by atoms with E-state index in [9.17, 15) is 5.26 Å². The van der Waals surface area contributed by atoms with Crippen LogP contribution in [0.25, 0.3) is 0 Å². The first-order valence-corrected chi connectivity index (χ1v) is 16.4. The predicted molar refractivity (Wildman–Crippen MR) is 186 cm³/mol. The minimum absolute atomic E-state index is 0.0955. The summed E-state index contributed by atoms with van der Waals surface area (Å²) in [6.45, 7) is 3.83. The van der Waals surface area contributed by atoms with Gasteiger partial charge in [-0.25, -0.2) is 0 Å². The summed E-state index contributed by atoms with van der Waals surface area (Å²) < 4.78 is 11.8. The van der Waals surface area contributed by atoms with Crippen LogP contribution in [0.1, 0.15) is 53.0 Å². The van der Waals surface area contributed by atoms with Gasteiger partial charge in [0.2, 0.25) is 0 Å². The maximum absolute atomic E-state index is 9.23. The number of hydrogen-bond donors (Lipinski definition) is 1. The van der Waals surface area contributed by atoms with E-state index in [1.165, 1.54) is 17.2 Å². The van der Waals surface area contributed by atoms with Crippen molar-refractivity contribution in [1.29, 1.82) is 10.5 Å². The summed E-state index contributed by atoms with van der Waals surface area (Å²) in [6.07, 6.45) is 3.89. The highest BCUT2D eigenvalue weighted by atomic mass is 35.5. The SMILES string of the molecule is N#Cc1ccc(CC(CN(CCOC2CCCCO2)Cc2ccccc2)c2ccc(Cl)cc2)c(Cl)c1.N#Cc1ccc(N)c(Cl)c1. The van der Waals surface area contributed by atoms with Crippen LogP contribution in [0.4, 0.5) is 5.69 Å². The van der Waals surface area contributed by atoms with Crippen molar-refractivity contribution in [2.24, 2.45) is 0 Å². The van der Waals surface area contributed by atoms with E-state index in [1.54, 1.807) is 18.2 Å². The molecule has 0 amide bonds. The molecule has 0 bridgehead atoms. The van der Waals surface area contributed by atoms with Crippen molar-refractivity contribution in [2.45, 2.75) is 44.4 Å². The van der Waals surface area contributed by atoms with E-state index in [1.807, 2.05) is 36.4 Å². The first kappa shape index (κ1) is 35.3. The quantitative estimate of drug-likeness (QED) is 0.159. The molecule has 1 aliphatic heterocycles. The molecule has 0 saturated carbocycles. The van der Waals surface area contributed by atoms with E-state index in [0.29, 0.717) is 33.5 Å². The Kier molecular flexibility index (Phi) is 14.2. The zero-order chi connectivity index (χ0) is 32.7. The first-order valence-electron chi connectivity index (χ1n) is 15.2. The smallest absolute Gasteiger partial charge is 0.157 e. The number of nitriles is 2. The van der Waals surface area contributed by atoms with Crippen molar-refractivity contribution in [3.63, 3.8) is 0 Å². The van der Waals surface area contributed by atoms with Gasteiger partial charge in [0.1, 0.15) is 0 Å². The van der Waals surface area contributed by atoms with Gasteiger partial charge in [0.15, 0.2) is 6.29 Å². The zero-order valence-electron chi connectivity index (χ0n) is 25.5. The molecule has 1 heterocycles. The highest BCUT2D eigenvalue weighted by Gasteiger charge is 2.20. The van der Waals surface area contributed by atoms with Gasteiger partial charge in [0, 0.05) is 42.2 Å². The van der Waals surface area contributed by atoms with Crippen LogP contribution in [0.15, 0.2) is 91.0 Å². The third-order valence-electron chi connectivity index (χ3n) is 7.70. The molecule has 1 aliphatic rings. The van der Waals surface area contributed by atoms with Gasteiger partial charge < -0.3 is 15.2 Å².